The number of aromatic hydroxyl groups is 1. The fourth-order valence-corrected chi connectivity index (χ4v) is 1.70. The van der Waals surface area contributed by atoms with E-state index in [9.17, 15) is 5.11 Å². The Morgan fingerprint density at radius 1 is 1.23 bits per heavy atom. The number of benzene rings is 1. The van der Waals surface area contributed by atoms with Gasteiger partial charge in [0.25, 0.3) is 0 Å². The van der Waals surface area contributed by atoms with Crippen molar-refractivity contribution in [2.45, 2.75) is 26.7 Å². The van der Waals surface area contributed by atoms with Gasteiger partial charge in [-0.2, -0.15) is 0 Å². The zero-order valence-electron chi connectivity index (χ0n) is 8.30. The first-order chi connectivity index (χ1) is 6.24. The molecule has 0 amide bonds. The second-order valence-electron chi connectivity index (χ2n) is 3.04. The summed E-state index contributed by atoms with van der Waals surface area (Å²) in [4.78, 5) is 0. The molecule has 1 aromatic rings. The molecular formula is C12H16O. The predicted octanol–water partition coefficient (Wildman–Crippen LogP) is 3.16. The van der Waals surface area contributed by atoms with E-state index in [0.717, 1.165) is 24.0 Å². The first-order valence-corrected chi connectivity index (χ1v) is 4.70. The van der Waals surface area contributed by atoms with Crippen LogP contribution in [0.15, 0.2) is 18.7 Å². The van der Waals surface area contributed by atoms with Crippen LogP contribution in [-0.2, 0) is 12.8 Å². The summed E-state index contributed by atoms with van der Waals surface area (Å²) in [5, 5.41) is 9.61. The summed E-state index contributed by atoms with van der Waals surface area (Å²) in [6.45, 7) is 7.92. The van der Waals surface area contributed by atoms with Crippen molar-refractivity contribution < 1.29 is 5.11 Å². The zero-order valence-corrected chi connectivity index (χ0v) is 8.30. The Hall–Kier alpha value is -1.24. The second kappa shape index (κ2) is 4.13. The van der Waals surface area contributed by atoms with Crippen molar-refractivity contribution in [2.24, 2.45) is 0 Å². The Morgan fingerprint density at radius 3 is 2.31 bits per heavy atom. The molecule has 0 aliphatic carbocycles. The summed E-state index contributed by atoms with van der Waals surface area (Å²) in [7, 11) is 0. The Morgan fingerprint density at radius 2 is 1.85 bits per heavy atom. The standard InChI is InChI=1S/C12H16O/c1-4-9-7-8-12(13)11(6-3)10(9)5-2/h4,7-8,13H,1,5-6H2,2-3H3. The van der Waals surface area contributed by atoms with Crippen molar-refractivity contribution in [3.05, 3.63) is 35.4 Å². The van der Waals surface area contributed by atoms with E-state index in [1.807, 2.05) is 12.1 Å². The highest BCUT2D eigenvalue weighted by Crippen LogP contribution is 2.26. The maximum Gasteiger partial charge on any atom is 0.119 e. The highest BCUT2D eigenvalue weighted by Gasteiger charge is 2.07. The lowest BCUT2D eigenvalue weighted by Crippen LogP contribution is -1.94. The van der Waals surface area contributed by atoms with Gasteiger partial charge in [-0.1, -0.05) is 32.6 Å². The zero-order chi connectivity index (χ0) is 9.84. The second-order valence-corrected chi connectivity index (χ2v) is 3.04. The van der Waals surface area contributed by atoms with Gasteiger partial charge in [0.15, 0.2) is 0 Å². The minimum atomic E-state index is 0.407. The number of hydrogen-bond acceptors (Lipinski definition) is 1. The molecule has 0 saturated heterocycles. The summed E-state index contributed by atoms with van der Waals surface area (Å²) < 4.78 is 0. The molecule has 1 rings (SSSR count). The van der Waals surface area contributed by atoms with Gasteiger partial charge in [0.05, 0.1) is 0 Å². The van der Waals surface area contributed by atoms with Crippen molar-refractivity contribution >= 4 is 6.08 Å². The number of phenols is 1. The molecule has 0 atom stereocenters. The molecule has 0 aromatic heterocycles. The van der Waals surface area contributed by atoms with Crippen LogP contribution in [0.25, 0.3) is 6.08 Å². The van der Waals surface area contributed by atoms with Gasteiger partial charge in [0.1, 0.15) is 5.75 Å². The molecule has 0 fully saturated rings. The molecule has 0 saturated carbocycles. The van der Waals surface area contributed by atoms with Crippen LogP contribution in [0, 0.1) is 0 Å². The summed E-state index contributed by atoms with van der Waals surface area (Å²) in [5.74, 6) is 0.407. The van der Waals surface area contributed by atoms with Gasteiger partial charge >= 0.3 is 0 Å². The highest BCUT2D eigenvalue weighted by molar-refractivity contribution is 5.57. The largest absolute Gasteiger partial charge is 0.508 e. The van der Waals surface area contributed by atoms with Crippen LogP contribution in [-0.4, -0.2) is 5.11 Å². The fraction of sp³-hybridized carbons (Fsp3) is 0.333. The molecule has 70 valence electrons. The fourth-order valence-electron chi connectivity index (χ4n) is 1.70. The summed E-state index contributed by atoms with van der Waals surface area (Å²) in [5.41, 5.74) is 3.41. The third kappa shape index (κ3) is 1.74. The molecule has 13 heavy (non-hydrogen) atoms. The lowest BCUT2D eigenvalue weighted by Gasteiger charge is -2.11. The normalized spacial score (nSPS) is 10.0. The monoisotopic (exact) mass is 176 g/mol. The van der Waals surface area contributed by atoms with Crippen LogP contribution in [0.4, 0.5) is 0 Å². The van der Waals surface area contributed by atoms with Gasteiger partial charge in [-0.25, -0.2) is 0 Å². The van der Waals surface area contributed by atoms with Gasteiger partial charge in [0, 0.05) is 0 Å². The molecule has 0 aliphatic heterocycles. The Balaban J connectivity index is 3.35. The summed E-state index contributed by atoms with van der Waals surface area (Å²) in [6.07, 6.45) is 3.66. The Bertz CT molecular complexity index is 313. The lowest BCUT2D eigenvalue weighted by atomic mass is 9.96. The molecule has 0 unspecified atom stereocenters. The number of hydrogen-bond donors (Lipinski definition) is 1. The van der Waals surface area contributed by atoms with Crippen LogP contribution in [0.2, 0.25) is 0 Å². The molecule has 1 N–H and O–H groups in total. The Labute approximate surface area is 79.7 Å². The highest BCUT2D eigenvalue weighted by atomic mass is 16.3. The van der Waals surface area contributed by atoms with Crippen LogP contribution in [0.5, 0.6) is 5.75 Å². The van der Waals surface area contributed by atoms with Crippen LogP contribution in [0.1, 0.15) is 30.5 Å². The molecule has 0 aliphatic rings. The SMILES string of the molecule is C=Cc1ccc(O)c(CC)c1CC. The third-order valence-electron chi connectivity index (χ3n) is 2.37. The maximum atomic E-state index is 9.61. The molecule has 0 bridgehead atoms. The smallest absolute Gasteiger partial charge is 0.119 e. The van der Waals surface area contributed by atoms with E-state index in [1.54, 1.807) is 6.07 Å². The first kappa shape index (κ1) is 9.85. The van der Waals surface area contributed by atoms with Gasteiger partial charge in [-0.3, -0.25) is 0 Å². The molecular weight excluding hydrogens is 160 g/mol. The maximum absolute atomic E-state index is 9.61. The van der Waals surface area contributed by atoms with E-state index in [0.29, 0.717) is 5.75 Å². The van der Waals surface area contributed by atoms with E-state index in [-0.39, 0.29) is 0 Å². The molecule has 1 nitrogen and oxygen atoms in total. The van der Waals surface area contributed by atoms with Crippen molar-refractivity contribution in [1.29, 1.82) is 0 Å². The molecule has 0 heterocycles. The predicted molar refractivity (Wildman–Crippen MR) is 57.0 cm³/mol. The minimum Gasteiger partial charge on any atom is -0.508 e. The van der Waals surface area contributed by atoms with E-state index < -0.39 is 0 Å². The number of phenolic OH excluding ortho intramolecular Hbond substituents is 1. The average Bonchev–Trinajstić information content (AvgIpc) is 2.17. The van der Waals surface area contributed by atoms with E-state index in [1.165, 1.54) is 5.56 Å². The molecule has 0 radical (unpaired) electrons. The van der Waals surface area contributed by atoms with E-state index >= 15 is 0 Å². The van der Waals surface area contributed by atoms with Gasteiger partial charge in [-0.15, -0.1) is 0 Å². The topological polar surface area (TPSA) is 20.2 Å². The Kier molecular flexibility index (Phi) is 3.13. The minimum absolute atomic E-state index is 0.407. The van der Waals surface area contributed by atoms with Gasteiger partial charge in [-0.05, 0) is 35.6 Å². The van der Waals surface area contributed by atoms with Gasteiger partial charge in [0.2, 0.25) is 0 Å². The van der Waals surface area contributed by atoms with Crippen molar-refractivity contribution in [3.8, 4) is 5.75 Å². The molecule has 1 aromatic carbocycles. The number of rotatable bonds is 3. The summed E-state index contributed by atoms with van der Waals surface area (Å²) >= 11 is 0. The quantitative estimate of drug-likeness (QED) is 0.750. The van der Waals surface area contributed by atoms with E-state index in [4.69, 9.17) is 0 Å². The molecule has 0 spiro atoms. The van der Waals surface area contributed by atoms with Crippen molar-refractivity contribution in [3.63, 3.8) is 0 Å². The lowest BCUT2D eigenvalue weighted by molar-refractivity contribution is 0.467. The van der Waals surface area contributed by atoms with Crippen LogP contribution in [0.3, 0.4) is 0 Å². The van der Waals surface area contributed by atoms with Crippen molar-refractivity contribution in [2.75, 3.05) is 0 Å². The molecule has 1 heteroatoms. The van der Waals surface area contributed by atoms with Crippen LogP contribution >= 0.6 is 0 Å². The summed E-state index contributed by atoms with van der Waals surface area (Å²) in [6, 6.07) is 3.66. The first-order valence-electron chi connectivity index (χ1n) is 4.70. The van der Waals surface area contributed by atoms with E-state index in [2.05, 4.69) is 20.4 Å². The van der Waals surface area contributed by atoms with Gasteiger partial charge < -0.3 is 5.11 Å². The van der Waals surface area contributed by atoms with Crippen LogP contribution < -0.4 is 0 Å². The third-order valence-corrected chi connectivity index (χ3v) is 2.37. The average molecular weight is 176 g/mol. The van der Waals surface area contributed by atoms with Crippen molar-refractivity contribution in [1.82, 2.24) is 0 Å².